The summed E-state index contributed by atoms with van der Waals surface area (Å²) in [6, 6.07) is 3.59. The van der Waals surface area contributed by atoms with Gasteiger partial charge in [-0.25, -0.2) is 13.1 Å². The predicted octanol–water partition coefficient (Wildman–Crippen LogP) is 2.57. The van der Waals surface area contributed by atoms with E-state index in [1.54, 1.807) is 6.07 Å². The predicted molar refractivity (Wildman–Crippen MR) is 83.4 cm³/mol. The van der Waals surface area contributed by atoms with Crippen LogP contribution in [-0.4, -0.2) is 21.5 Å². The van der Waals surface area contributed by atoms with Crippen LogP contribution >= 0.6 is 11.3 Å². The third kappa shape index (κ3) is 3.61. The second kappa shape index (κ2) is 6.13. The number of nitrogens with one attached hydrogen (secondary N) is 2. The molecule has 0 unspecified atom stereocenters. The van der Waals surface area contributed by atoms with Crippen molar-refractivity contribution in [3.05, 3.63) is 17.0 Å². The topological polar surface area (TPSA) is 58.2 Å². The molecule has 0 atom stereocenters. The number of thiophene rings is 1. The lowest BCUT2D eigenvalue weighted by Gasteiger charge is -2.19. The van der Waals surface area contributed by atoms with Crippen LogP contribution < -0.4 is 10.0 Å². The van der Waals surface area contributed by atoms with Crippen LogP contribution in [0.5, 0.6) is 0 Å². The Morgan fingerprint density at radius 3 is 2.60 bits per heavy atom. The van der Waals surface area contributed by atoms with Crippen molar-refractivity contribution >= 4 is 21.4 Å². The number of hydrogen-bond donors (Lipinski definition) is 2. The maximum Gasteiger partial charge on any atom is 0.250 e. The SMILES string of the molecule is CCNCc1ccc(S(=O)(=O)NCC2(C(C)C)CC2)s1. The molecule has 1 fully saturated rings. The molecule has 2 N–H and O–H groups in total. The first-order valence-electron chi connectivity index (χ1n) is 7.19. The van der Waals surface area contributed by atoms with Gasteiger partial charge in [-0.1, -0.05) is 20.8 Å². The van der Waals surface area contributed by atoms with Gasteiger partial charge in [0.05, 0.1) is 0 Å². The quantitative estimate of drug-likeness (QED) is 0.775. The molecular formula is C14H24N2O2S2. The Labute approximate surface area is 126 Å². The van der Waals surface area contributed by atoms with Crippen LogP contribution in [0.1, 0.15) is 38.5 Å². The summed E-state index contributed by atoms with van der Waals surface area (Å²) in [6.07, 6.45) is 2.26. The first-order valence-corrected chi connectivity index (χ1v) is 9.49. The minimum absolute atomic E-state index is 0.191. The van der Waals surface area contributed by atoms with Gasteiger partial charge in [0.2, 0.25) is 10.0 Å². The molecule has 1 aliphatic rings. The maximum atomic E-state index is 12.3. The van der Waals surface area contributed by atoms with Crippen LogP contribution in [-0.2, 0) is 16.6 Å². The Bertz CT molecular complexity index is 545. The van der Waals surface area contributed by atoms with E-state index in [4.69, 9.17) is 0 Å². The molecule has 1 aromatic rings. The minimum Gasteiger partial charge on any atom is -0.312 e. The highest BCUT2D eigenvalue weighted by atomic mass is 32.2. The number of sulfonamides is 1. The molecule has 1 aromatic heterocycles. The van der Waals surface area contributed by atoms with E-state index in [0.29, 0.717) is 16.7 Å². The molecule has 20 heavy (non-hydrogen) atoms. The van der Waals surface area contributed by atoms with Gasteiger partial charge in [-0.3, -0.25) is 0 Å². The van der Waals surface area contributed by atoms with E-state index in [2.05, 4.69) is 23.9 Å². The fourth-order valence-electron chi connectivity index (χ4n) is 2.27. The molecule has 0 amide bonds. The van der Waals surface area contributed by atoms with Crippen molar-refractivity contribution in [3.8, 4) is 0 Å². The second-order valence-corrected chi connectivity index (χ2v) is 9.00. The Morgan fingerprint density at radius 1 is 1.35 bits per heavy atom. The molecule has 1 aliphatic carbocycles. The summed E-state index contributed by atoms with van der Waals surface area (Å²) >= 11 is 1.35. The van der Waals surface area contributed by atoms with E-state index in [1.807, 2.05) is 13.0 Å². The molecule has 0 bridgehead atoms. The lowest BCUT2D eigenvalue weighted by atomic mass is 9.93. The van der Waals surface area contributed by atoms with Crippen molar-refractivity contribution < 1.29 is 8.42 Å². The molecule has 1 heterocycles. The summed E-state index contributed by atoms with van der Waals surface area (Å²) in [5.41, 5.74) is 0.191. The van der Waals surface area contributed by atoms with Crippen LogP contribution in [0.15, 0.2) is 16.3 Å². The smallest absolute Gasteiger partial charge is 0.250 e. The summed E-state index contributed by atoms with van der Waals surface area (Å²) in [4.78, 5) is 1.05. The molecule has 1 saturated carbocycles. The van der Waals surface area contributed by atoms with E-state index in [-0.39, 0.29) is 5.41 Å². The largest absolute Gasteiger partial charge is 0.312 e. The zero-order valence-corrected chi connectivity index (χ0v) is 14.0. The fraction of sp³-hybridized carbons (Fsp3) is 0.714. The van der Waals surface area contributed by atoms with Crippen molar-refractivity contribution in [1.29, 1.82) is 0 Å². The lowest BCUT2D eigenvalue weighted by Crippen LogP contribution is -2.32. The highest BCUT2D eigenvalue weighted by molar-refractivity contribution is 7.91. The third-order valence-corrected chi connectivity index (χ3v) is 7.16. The normalized spacial score (nSPS) is 17.6. The van der Waals surface area contributed by atoms with E-state index < -0.39 is 10.0 Å². The second-order valence-electron chi connectivity index (χ2n) is 5.84. The van der Waals surface area contributed by atoms with Gasteiger partial charge in [-0.15, -0.1) is 11.3 Å². The molecule has 4 nitrogen and oxygen atoms in total. The van der Waals surface area contributed by atoms with Gasteiger partial charge in [-0.2, -0.15) is 0 Å². The zero-order valence-electron chi connectivity index (χ0n) is 12.4. The summed E-state index contributed by atoms with van der Waals surface area (Å²) in [7, 11) is -3.35. The summed E-state index contributed by atoms with van der Waals surface area (Å²) < 4.78 is 27.8. The average molecular weight is 316 g/mol. The van der Waals surface area contributed by atoms with Crippen molar-refractivity contribution in [2.24, 2.45) is 11.3 Å². The molecule has 0 spiro atoms. The Kier molecular flexibility index (Phi) is 4.89. The summed E-state index contributed by atoms with van der Waals surface area (Å²) in [5, 5.41) is 3.21. The standard InChI is InChI=1S/C14H24N2O2S2/c1-4-15-9-12-5-6-13(19-12)20(17,18)16-10-14(7-8-14)11(2)3/h5-6,11,15-16H,4,7-10H2,1-3H3. The Hall–Kier alpha value is -0.430. The van der Waals surface area contributed by atoms with Gasteiger partial charge in [-0.05, 0) is 42.9 Å². The van der Waals surface area contributed by atoms with Crippen LogP contribution in [0.2, 0.25) is 0 Å². The third-order valence-electron chi connectivity index (χ3n) is 4.18. The lowest BCUT2D eigenvalue weighted by molar-refractivity contribution is 0.357. The van der Waals surface area contributed by atoms with Gasteiger partial charge in [0.25, 0.3) is 0 Å². The van der Waals surface area contributed by atoms with E-state index in [0.717, 1.165) is 30.8 Å². The van der Waals surface area contributed by atoms with Crippen molar-refractivity contribution in [3.63, 3.8) is 0 Å². The van der Waals surface area contributed by atoms with Crippen LogP contribution in [0.25, 0.3) is 0 Å². The zero-order chi connectivity index (χ0) is 14.8. The first-order chi connectivity index (χ1) is 9.39. The summed E-state index contributed by atoms with van der Waals surface area (Å²) in [6.45, 7) is 8.55. The van der Waals surface area contributed by atoms with Gasteiger partial charge in [0.15, 0.2) is 0 Å². The molecule has 0 aliphatic heterocycles. The first kappa shape index (κ1) is 15.9. The molecule has 0 radical (unpaired) electrons. The van der Waals surface area contributed by atoms with Crippen LogP contribution in [0, 0.1) is 11.3 Å². The number of hydrogen-bond acceptors (Lipinski definition) is 4. The van der Waals surface area contributed by atoms with Crippen LogP contribution in [0.4, 0.5) is 0 Å². The molecule has 0 aromatic carbocycles. The number of rotatable bonds is 8. The van der Waals surface area contributed by atoms with Crippen molar-refractivity contribution in [1.82, 2.24) is 10.0 Å². The maximum absolute atomic E-state index is 12.3. The Morgan fingerprint density at radius 2 is 2.05 bits per heavy atom. The monoisotopic (exact) mass is 316 g/mol. The summed E-state index contributed by atoms with van der Waals surface area (Å²) in [5.74, 6) is 0.526. The molecule has 2 rings (SSSR count). The van der Waals surface area contributed by atoms with Crippen molar-refractivity contribution in [2.45, 2.75) is 44.4 Å². The molecule has 6 heteroatoms. The molecule has 114 valence electrons. The Balaban J connectivity index is 1.98. The highest BCUT2D eigenvalue weighted by Gasteiger charge is 2.45. The van der Waals surface area contributed by atoms with E-state index in [1.165, 1.54) is 11.3 Å². The van der Waals surface area contributed by atoms with Crippen molar-refractivity contribution in [2.75, 3.05) is 13.1 Å². The van der Waals surface area contributed by atoms with E-state index in [9.17, 15) is 8.42 Å². The van der Waals surface area contributed by atoms with Crippen LogP contribution in [0.3, 0.4) is 0 Å². The average Bonchev–Trinajstić information content (AvgIpc) is 3.05. The van der Waals surface area contributed by atoms with Gasteiger partial charge in [0.1, 0.15) is 4.21 Å². The van der Waals surface area contributed by atoms with E-state index >= 15 is 0 Å². The van der Waals surface area contributed by atoms with Gasteiger partial charge < -0.3 is 5.32 Å². The highest BCUT2D eigenvalue weighted by Crippen LogP contribution is 2.51. The van der Waals surface area contributed by atoms with Gasteiger partial charge in [0, 0.05) is 18.0 Å². The van der Waals surface area contributed by atoms with Gasteiger partial charge >= 0.3 is 0 Å². The molecular weight excluding hydrogens is 292 g/mol. The fourth-order valence-corrected chi connectivity index (χ4v) is 4.78. The molecule has 0 saturated heterocycles. The minimum atomic E-state index is -3.35.